The first-order valence-corrected chi connectivity index (χ1v) is 8.50. The van der Waals surface area contributed by atoms with Crippen LogP contribution in [0.15, 0.2) is 42.7 Å². The Morgan fingerprint density at radius 1 is 1.08 bits per heavy atom. The third-order valence-corrected chi connectivity index (χ3v) is 4.39. The fourth-order valence-electron chi connectivity index (χ4n) is 3.14. The number of hydrogen-bond acceptors (Lipinski definition) is 6. The van der Waals surface area contributed by atoms with Crippen molar-refractivity contribution in [1.82, 2.24) is 14.9 Å². The van der Waals surface area contributed by atoms with Gasteiger partial charge in [0.05, 0.1) is 6.61 Å². The van der Waals surface area contributed by atoms with Crippen molar-refractivity contribution in [2.75, 3.05) is 44.2 Å². The molecule has 0 radical (unpaired) electrons. The molecule has 2 heterocycles. The lowest BCUT2D eigenvalue weighted by molar-refractivity contribution is 0.189. The lowest BCUT2D eigenvalue weighted by Gasteiger charge is -2.39. The number of nitrogens with two attached hydrogens (primary N) is 1. The van der Waals surface area contributed by atoms with E-state index < -0.39 is 0 Å². The van der Waals surface area contributed by atoms with Crippen molar-refractivity contribution in [3.8, 4) is 5.75 Å². The molecular weight excluding hydrogens is 302 g/mol. The summed E-state index contributed by atoms with van der Waals surface area (Å²) < 4.78 is 5.52. The number of hydrogen-bond donors (Lipinski definition) is 1. The van der Waals surface area contributed by atoms with E-state index in [0.717, 1.165) is 37.9 Å². The van der Waals surface area contributed by atoms with Gasteiger partial charge in [-0.1, -0.05) is 12.1 Å². The van der Waals surface area contributed by atoms with Crippen molar-refractivity contribution in [3.63, 3.8) is 0 Å². The van der Waals surface area contributed by atoms with Crippen LogP contribution in [0.25, 0.3) is 0 Å². The lowest BCUT2D eigenvalue weighted by Crippen LogP contribution is -2.49. The van der Waals surface area contributed by atoms with Crippen LogP contribution in [0.3, 0.4) is 0 Å². The number of aromatic nitrogens is 2. The molecule has 128 valence electrons. The van der Waals surface area contributed by atoms with Crippen LogP contribution in [0.1, 0.15) is 18.5 Å². The second-order valence-corrected chi connectivity index (χ2v) is 5.83. The van der Waals surface area contributed by atoms with Gasteiger partial charge in [0, 0.05) is 51.2 Å². The van der Waals surface area contributed by atoms with Gasteiger partial charge in [-0.3, -0.25) is 4.90 Å². The van der Waals surface area contributed by atoms with Crippen LogP contribution in [0.4, 0.5) is 5.95 Å². The number of benzene rings is 1. The standard InChI is InChI=1S/C18H25N5O/c1-2-24-16-6-4-15(5-7-16)17(14-19)22-10-12-23(13-11-22)18-20-8-3-9-21-18/h3-9,17H,2,10-14,19H2,1H3. The Morgan fingerprint density at radius 2 is 1.75 bits per heavy atom. The summed E-state index contributed by atoms with van der Waals surface area (Å²) in [5, 5.41) is 0. The fraction of sp³-hybridized carbons (Fsp3) is 0.444. The Bertz CT molecular complexity index is 611. The summed E-state index contributed by atoms with van der Waals surface area (Å²) in [7, 11) is 0. The van der Waals surface area contributed by atoms with Gasteiger partial charge < -0.3 is 15.4 Å². The third-order valence-electron chi connectivity index (χ3n) is 4.39. The number of piperazine rings is 1. The number of rotatable bonds is 6. The van der Waals surface area contributed by atoms with Crippen LogP contribution < -0.4 is 15.4 Å². The molecule has 0 bridgehead atoms. The highest BCUT2D eigenvalue weighted by atomic mass is 16.5. The summed E-state index contributed by atoms with van der Waals surface area (Å²) in [4.78, 5) is 13.3. The average molecular weight is 327 g/mol. The normalized spacial score (nSPS) is 16.8. The van der Waals surface area contributed by atoms with E-state index in [1.54, 1.807) is 12.4 Å². The van der Waals surface area contributed by atoms with E-state index >= 15 is 0 Å². The van der Waals surface area contributed by atoms with Gasteiger partial charge in [-0.05, 0) is 30.7 Å². The van der Waals surface area contributed by atoms with Gasteiger partial charge in [0.1, 0.15) is 5.75 Å². The summed E-state index contributed by atoms with van der Waals surface area (Å²) >= 11 is 0. The fourth-order valence-corrected chi connectivity index (χ4v) is 3.14. The Balaban J connectivity index is 1.63. The second-order valence-electron chi connectivity index (χ2n) is 5.83. The summed E-state index contributed by atoms with van der Waals surface area (Å²) in [6.07, 6.45) is 3.58. The highest BCUT2D eigenvalue weighted by Gasteiger charge is 2.25. The van der Waals surface area contributed by atoms with E-state index in [4.69, 9.17) is 10.5 Å². The van der Waals surface area contributed by atoms with Crippen LogP contribution >= 0.6 is 0 Å². The van der Waals surface area contributed by atoms with Gasteiger partial charge in [0.2, 0.25) is 5.95 Å². The lowest BCUT2D eigenvalue weighted by atomic mass is 10.0. The van der Waals surface area contributed by atoms with E-state index in [2.05, 4.69) is 31.9 Å². The molecule has 6 nitrogen and oxygen atoms in total. The molecule has 1 atom stereocenters. The summed E-state index contributed by atoms with van der Waals surface area (Å²) in [5.41, 5.74) is 7.31. The number of nitrogens with zero attached hydrogens (tertiary/aromatic N) is 4. The van der Waals surface area contributed by atoms with E-state index in [9.17, 15) is 0 Å². The Labute approximate surface area is 143 Å². The molecule has 1 saturated heterocycles. The summed E-state index contributed by atoms with van der Waals surface area (Å²) in [5.74, 6) is 1.71. The van der Waals surface area contributed by atoms with Gasteiger partial charge in [-0.15, -0.1) is 0 Å². The molecule has 0 saturated carbocycles. The van der Waals surface area contributed by atoms with Crippen LogP contribution in [0.2, 0.25) is 0 Å². The SMILES string of the molecule is CCOc1ccc(C(CN)N2CCN(c3ncccn3)CC2)cc1. The van der Waals surface area contributed by atoms with Gasteiger partial charge in [-0.25, -0.2) is 9.97 Å². The minimum absolute atomic E-state index is 0.236. The minimum atomic E-state index is 0.236. The van der Waals surface area contributed by atoms with E-state index in [0.29, 0.717) is 13.2 Å². The monoisotopic (exact) mass is 327 g/mol. The molecule has 24 heavy (non-hydrogen) atoms. The molecule has 1 unspecified atom stereocenters. The first-order chi connectivity index (χ1) is 11.8. The quantitative estimate of drug-likeness (QED) is 0.871. The molecule has 1 aliphatic heterocycles. The van der Waals surface area contributed by atoms with Gasteiger partial charge in [-0.2, -0.15) is 0 Å². The first-order valence-electron chi connectivity index (χ1n) is 8.50. The van der Waals surface area contributed by atoms with Crippen LogP contribution in [0, 0.1) is 0 Å². The summed E-state index contributed by atoms with van der Waals surface area (Å²) in [6, 6.07) is 10.4. The molecule has 6 heteroatoms. The van der Waals surface area contributed by atoms with Crippen molar-refractivity contribution in [2.45, 2.75) is 13.0 Å². The molecule has 0 spiro atoms. The molecule has 2 aromatic rings. The number of ether oxygens (including phenoxy) is 1. The molecular formula is C18H25N5O. The molecule has 2 N–H and O–H groups in total. The molecule has 1 fully saturated rings. The minimum Gasteiger partial charge on any atom is -0.494 e. The second kappa shape index (κ2) is 8.08. The topological polar surface area (TPSA) is 67.5 Å². The zero-order chi connectivity index (χ0) is 16.8. The molecule has 1 aliphatic rings. The zero-order valence-corrected chi connectivity index (χ0v) is 14.1. The molecule has 0 amide bonds. The Morgan fingerprint density at radius 3 is 2.33 bits per heavy atom. The van der Waals surface area contributed by atoms with Crippen molar-refractivity contribution in [1.29, 1.82) is 0 Å². The maximum atomic E-state index is 6.07. The maximum Gasteiger partial charge on any atom is 0.225 e. The molecule has 3 rings (SSSR count). The molecule has 0 aliphatic carbocycles. The first kappa shape index (κ1) is 16.7. The number of anilines is 1. The predicted molar refractivity (Wildman–Crippen MR) is 95.2 cm³/mol. The highest BCUT2D eigenvalue weighted by Crippen LogP contribution is 2.24. The zero-order valence-electron chi connectivity index (χ0n) is 14.1. The van der Waals surface area contributed by atoms with Crippen molar-refractivity contribution < 1.29 is 4.74 Å². The van der Waals surface area contributed by atoms with Crippen LogP contribution in [-0.2, 0) is 0 Å². The Kier molecular flexibility index (Phi) is 5.61. The van der Waals surface area contributed by atoms with Gasteiger partial charge in [0.25, 0.3) is 0 Å². The third kappa shape index (κ3) is 3.83. The average Bonchev–Trinajstić information content (AvgIpc) is 2.65. The predicted octanol–water partition coefficient (Wildman–Crippen LogP) is 1.70. The Hall–Kier alpha value is -2.18. The van der Waals surface area contributed by atoms with Crippen molar-refractivity contribution in [2.24, 2.45) is 5.73 Å². The smallest absolute Gasteiger partial charge is 0.225 e. The van der Waals surface area contributed by atoms with E-state index in [-0.39, 0.29) is 6.04 Å². The van der Waals surface area contributed by atoms with Gasteiger partial charge in [0.15, 0.2) is 0 Å². The maximum absolute atomic E-state index is 6.07. The van der Waals surface area contributed by atoms with Crippen LogP contribution in [0.5, 0.6) is 5.75 Å². The van der Waals surface area contributed by atoms with Crippen molar-refractivity contribution >= 4 is 5.95 Å². The summed E-state index contributed by atoms with van der Waals surface area (Å²) in [6.45, 7) is 7.02. The van der Waals surface area contributed by atoms with E-state index in [1.807, 2.05) is 25.1 Å². The van der Waals surface area contributed by atoms with Gasteiger partial charge >= 0.3 is 0 Å². The van der Waals surface area contributed by atoms with E-state index in [1.165, 1.54) is 5.56 Å². The molecule has 1 aromatic heterocycles. The van der Waals surface area contributed by atoms with Crippen molar-refractivity contribution in [3.05, 3.63) is 48.3 Å². The molecule has 1 aromatic carbocycles. The van der Waals surface area contributed by atoms with Crippen LogP contribution in [-0.4, -0.2) is 54.2 Å². The highest BCUT2D eigenvalue weighted by molar-refractivity contribution is 5.31. The largest absolute Gasteiger partial charge is 0.494 e.